The Bertz CT molecular complexity index is 753. The fourth-order valence-electron chi connectivity index (χ4n) is 2.12. The lowest BCUT2D eigenvalue weighted by molar-refractivity contribution is -0.386. The number of carbonyl (C=O) groups excluding carboxylic acids is 1. The van der Waals surface area contributed by atoms with Crippen LogP contribution < -0.4 is 5.43 Å². The molecule has 120 valence electrons. The van der Waals surface area contributed by atoms with Crippen LogP contribution in [0.1, 0.15) is 29.9 Å². The molecule has 0 saturated heterocycles. The van der Waals surface area contributed by atoms with Crippen LogP contribution in [0.2, 0.25) is 0 Å². The number of nitrogens with one attached hydrogen (secondary N) is 1. The minimum atomic E-state index is -0.728. The smallest absolute Gasteiger partial charge is 0.271 e. The van der Waals surface area contributed by atoms with E-state index < -0.39 is 16.9 Å². The Morgan fingerprint density at radius 1 is 1.52 bits per heavy atom. The summed E-state index contributed by atoms with van der Waals surface area (Å²) in [6, 6.07) is 2.81. The van der Waals surface area contributed by atoms with Gasteiger partial charge in [0.2, 0.25) is 0 Å². The summed E-state index contributed by atoms with van der Waals surface area (Å²) >= 11 is 0. The number of carbonyl (C=O) groups is 1. The Morgan fingerprint density at radius 3 is 2.83 bits per heavy atom. The van der Waals surface area contributed by atoms with E-state index in [9.17, 15) is 14.9 Å². The van der Waals surface area contributed by atoms with Crippen molar-refractivity contribution in [1.82, 2.24) is 20.2 Å². The molecule has 0 spiro atoms. The molecule has 2 aromatic rings. The number of amides is 1. The average Bonchev–Trinajstić information content (AvgIpc) is 2.82. The van der Waals surface area contributed by atoms with Crippen LogP contribution in [-0.2, 0) is 4.79 Å². The predicted octanol–water partition coefficient (Wildman–Crippen LogP) is 1.51. The highest BCUT2D eigenvalue weighted by Gasteiger charge is 2.26. The van der Waals surface area contributed by atoms with E-state index >= 15 is 0 Å². The molecule has 0 aliphatic carbocycles. The monoisotopic (exact) mass is 316 g/mol. The molecule has 1 atom stereocenters. The zero-order chi connectivity index (χ0) is 17.0. The second kappa shape index (κ2) is 6.77. The van der Waals surface area contributed by atoms with Gasteiger partial charge in [0.25, 0.3) is 5.91 Å². The van der Waals surface area contributed by atoms with E-state index in [0.717, 1.165) is 5.56 Å². The van der Waals surface area contributed by atoms with Gasteiger partial charge in [0.15, 0.2) is 0 Å². The minimum absolute atomic E-state index is 0.0801. The van der Waals surface area contributed by atoms with Gasteiger partial charge in [-0.1, -0.05) is 6.07 Å². The molecule has 0 aliphatic heterocycles. The first-order valence-corrected chi connectivity index (χ1v) is 6.85. The van der Waals surface area contributed by atoms with Crippen molar-refractivity contribution >= 4 is 17.8 Å². The van der Waals surface area contributed by atoms with E-state index in [1.165, 1.54) is 17.8 Å². The number of hydrazone groups is 1. The number of hydrogen-bond donors (Lipinski definition) is 1. The number of rotatable bonds is 5. The molecule has 23 heavy (non-hydrogen) atoms. The van der Waals surface area contributed by atoms with Gasteiger partial charge in [0.1, 0.15) is 17.4 Å². The highest BCUT2D eigenvalue weighted by Crippen LogP contribution is 2.24. The Morgan fingerprint density at radius 2 is 2.26 bits per heavy atom. The minimum Gasteiger partial charge on any atom is -0.271 e. The Hall–Kier alpha value is -3.10. The van der Waals surface area contributed by atoms with Gasteiger partial charge in [0, 0.05) is 18.0 Å². The Balaban J connectivity index is 2.10. The van der Waals surface area contributed by atoms with Gasteiger partial charge < -0.3 is 0 Å². The van der Waals surface area contributed by atoms with Crippen molar-refractivity contribution < 1.29 is 9.72 Å². The molecule has 0 fully saturated rings. The first-order chi connectivity index (χ1) is 10.9. The van der Waals surface area contributed by atoms with E-state index in [4.69, 9.17) is 0 Å². The van der Waals surface area contributed by atoms with Crippen molar-refractivity contribution in [3.63, 3.8) is 0 Å². The molecule has 1 unspecified atom stereocenters. The molecule has 1 N–H and O–H groups in total. The summed E-state index contributed by atoms with van der Waals surface area (Å²) in [6.07, 6.45) is 4.69. The van der Waals surface area contributed by atoms with Crippen LogP contribution in [0.25, 0.3) is 0 Å². The number of pyridine rings is 1. The molecule has 0 saturated carbocycles. The summed E-state index contributed by atoms with van der Waals surface area (Å²) in [5.74, 6) is -0.425. The van der Waals surface area contributed by atoms with Gasteiger partial charge in [-0.25, -0.2) is 5.43 Å². The topological polar surface area (TPSA) is 115 Å². The van der Waals surface area contributed by atoms with E-state index in [1.807, 2.05) is 0 Å². The maximum Gasteiger partial charge on any atom is 0.312 e. The molecule has 9 nitrogen and oxygen atoms in total. The van der Waals surface area contributed by atoms with Gasteiger partial charge in [-0.2, -0.15) is 10.2 Å². The molecular weight excluding hydrogens is 300 g/mol. The number of aromatic nitrogens is 3. The van der Waals surface area contributed by atoms with Gasteiger partial charge in [0.05, 0.1) is 11.1 Å². The van der Waals surface area contributed by atoms with Crippen molar-refractivity contribution in [1.29, 1.82) is 0 Å². The Kier molecular flexibility index (Phi) is 4.79. The number of nitro groups is 1. The zero-order valence-corrected chi connectivity index (χ0v) is 12.9. The second-order valence-electron chi connectivity index (χ2n) is 4.92. The normalized spacial score (nSPS) is 12.3. The van der Waals surface area contributed by atoms with Crippen molar-refractivity contribution in [3.05, 3.63) is 51.6 Å². The summed E-state index contributed by atoms with van der Waals surface area (Å²) in [7, 11) is 0. The molecule has 2 rings (SSSR count). The lowest BCUT2D eigenvalue weighted by atomic mass is 10.3. The summed E-state index contributed by atoms with van der Waals surface area (Å²) in [6.45, 7) is 4.69. The van der Waals surface area contributed by atoms with Gasteiger partial charge in [-0.3, -0.25) is 24.6 Å². The van der Waals surface area contributed by atoms with E-state index in [-0.39, 0.29) is 11.4 Å². The fraction of sp³-hybridized carbons (Fsp3) is 0.286. The van der Waals surface area contributed by atoms with E-state index in [0.29, 0.717) is 5.69 Å². The van der Waals surface area contributed by atoms with Crippen LogP contribution in [0.3, 0.4) is 0 Å². The highest BCUT2D eigenvalue weighted by atomic mass is 16.6. The first-order valence-electron chi connectivity index (χ1n) is 6.85. The van der Waals surface area contributed by atoms with Crippen molar-refractivity contribution in [2.45, 2.75) is 26.8 Å². The molecule has 0 aliphatic rings. The lowest BCUT2D eigenvalue weighted by Gasteiger charge is -2.11. The number of nitrogens with zero attached hydrogens (tertiary/aromatic N) is 5. The maximum absolute atomic E-state index is 12.1. The summed E-state index contributed by atoms with van der Waals surface area (Å²) < 4.78 is 1.32. The van der Waals surface area contributed by atoms with Gasteiger partial charge in [-0.05, 0) is 26.8 Å². The van der Waals surface area contributed by atoms with Crippen LogP contribution in [0.5, 0.6) is 0 Å². The molecule has 2 heterocycles. The molecule has 0 radical (unpaired) electrons. The van der Waals surface area contributed by atoms with Crippen molar-refractivity contribution in [3.8, 4) is 0 Å². The third kappa shape index (κ3) is 3.57. The standard InChI is InChI=1S/C14H16N6O3/c1-9-13(20(22)23)10(2)19(18-9)11(3)14(21)17-16-8-12-5-4-6-15-7-12/h4-8,11H,1-3H3,(H,17,21)/b16-8+. The van der Waals surface area contributed by atoms with Crippen LogP contribution in [-0.4, -0.2) is 31.8 Å². The average molecular weight is 316 g/mol. The predicted molar refractivity (Wildman–Crippen MR) is 83.0 cm³/mol. The maximum atomic E-state index is 12.1. The highest BCUT2D eigenvalue weighted by molar-refractivity contribution is 5.83. The first kappa shape index (κ1) is 16.3. The summed E-state index contributed by atoms with van der Waals surface area (Å²) in [5, 5.41) is 18.9. The largest absolute Gasteiger partial charge is 0.312 e. The number of aryl methyl sites for hydroxylation is 1. The molecule has 9 heteroatoms. The van der Waals surface area contributed by atoms with Crippen LogP contribution >= 0.6 is 0 Å². The molecule has 0 bridgehead atoms. The van der Waals surface area contributed by atoms with Crippen LogP contribution in [0.15, 0.2) is 29.6 Å². The molecule has 1 amide bonds. The zero-order valence-electron chi connectivity index (χ0n) is 12.9. The SMILES string of the molecule is Cc1nn(C(C)C(=O)N/N=C/c2cccnc2)c(C)c1[N+](=O)[O-]. The van der Waals surface area contributed by atoms with Crippen molar-refractivity contribution in [2.24, 2.45) is 5.10 Å². The second-order valence-corrected chi connectivity index (χ2v) is 4.92. The van der Waals surface area contributed by atoms with Crippen molar-refractivity contribution in [2.75, 3.05) is 0 Å². The van der Waals surface area contributed by atoms with Crippen LogP contribution in [0, 0.1) is 24.0 Å². The molecular formula is C14H16N6O3. The van der Waals surface area contributed by atoms with Gasteiger partial charge in [-0.15, -0.1) is 0 Å². The summed E-state index contributed by atoms with van der Waals surface area (Å²) in [4.78, 5) is 26.5. The molecule has 2 aromatic heterocycles. The van der Waals surface area contributed by atoms with E-state index in [1.54, 1.807) is 38.4 Å². The lowest BCUT2D eigenvalue weighted by Crippen LogP contribution is -2.28. The van der Waals surface area contributed by atoms with Crippen LogP contribution in [0.4, 0.5) is 5.69 Å². The van der Waals surface area contributed by atoms with Gasteiger partial charge >= 0.3 is 5.69 Å². The third-order valence-corrected chi connectivity index (χ3v) is 3.29. The summed E-state index contributed by atoms with van der Waals surface area (Å²) in [5.41, 5.74) is 3.64. The fourth-order valence-corrected chi connectivity index (χ4v) is 2.12. The third-order valence-electron chi connectivity index (χ3n) is 3.29. The van der Waals surface area contributed by atoms with E-state index in [2.05, 4.69) is 20.6 Å². The molecule has 0 aromatic carbocycles. The quantitative estimate of drug-likeness (QED) is 0.510. The number of hydrogen-bond acceptors (Lipinski definition) is 6. The Labute approximate surface area is 132 Å².